The van der Waals surface area contributed by atoms with Crippen molar-refractivity contribution in [2.45, 2.75) is 264 Å². The van der Waals surface area contributed by atoms with Gasteiger partial charge in [0.1, 0.15) is 13.2 Å². The molecule has 2 unspecified atom stereocenters. The lowest BCUT2D eigenvalue weighted by atomic mass is 10.0. The van der Waals surface area contributed by atoms with Crippen LogP contribution in [0.1, 0.15) is 251 Å². The first kappa shape index (κ1) is 72.2. The van der Waals surface area contributed by atoms with Gasteiger partial charge in [-0.15, -0.1) is 0 Å². The first-order chi connectivity index (χ1) is 37.1. The highest BCUT2D eigenvalue weighted by Gasteiger charge is 2.22. The van der Waals surface area contributed by atoms with Gasteiger partial charge in [0, 0.05) is 12.8 Å². The summed E-state index contributed by atoms with van der Waals surface area (Å²) in [6.07, 6.45) is 75.0. The number of carbonyl (C=O) groups is 3. The Labute approximate surface area is 467 Å². The Hall–Kier alpha value is -3.79. The molecule has 0 amide bonds. The molecule has 0 fully saturated rings. The van der Waals surface area contributed by atoms with Crippen LogP contribution in [0.15, 0.2) is 97.2 Å². The Morgan fingerprint density at radius 2 is 0.750 bits per heavy atom. The van der Waals surface area contributed by atoms with E-state index in [2.05, 4.69) is 111 Å². The van der Waals surface area contributed by atoms with E-state index < -0.39 is 24.3 Å². The third-order valence-electron chi connectivity index (χ3n) is 13.0. The number of likely N-dealkylation sites (N-methyl/N-ethyl adjacent to an activating group) is 1. The molecule has 0 aromatic carbocycles. The number of nitrogens with zero attached hydrogens (tertiary/aromatic N) is 1. The van der Waals surface area contributed by atoms with Crippen LogP contribution >= 0.6 is 0 Å². The van der Waals surface area contributed by atoms with Gasteiger partial charge >= 0.3 is 11.9 Å². The number of quaternary nitrogens is 1. The number of allylic oxidation sites excluding steroid dienone is 16. The Morgan fingerprint density at radius 1 is 0.408 bits per heavy atom. The average molecular weight is 1060 g/mol. The quantitative estimate of drug-likeness (QED) is 0.0195. The van der Waals surface area contributed by atoms with Crippen LogP contribution in [0.3, 0.4) is 0 Å². The molecule has 0 rings (SSSR count). The van der Waals surface area contributed by atoms with E-state index in [1.54, 1.807) is 0 Å². The maximum Gasteiger partial charge on any atom is 0.306 e. The van der Waals surface area contributed by atoms with E-state index in [0.717, 1.165) is 103 Å². The van der Waals surface area contributed by atoms with Crippen molar-refractivity contribution in [1.82, 2.24) is 0 Å². The molecule has 0 aliphatic rings. The standard InChI is InChI=1S/C67H115NO8/c1-6-8-10-12-14-16-18-19-20-21-22-23-24-25-26-27-28-29-30-31-32-33-34-35-36-37-38-39-40-41-42-43-44-45-46-47-48-50-52-54-56-58-65(70)76-63(62-75-67(66(71)72)73-60-59-68(3,4)5)61-74-64(69)57-55-53-51-49-17-15-13-11-9-7-2/h8,10-11,13-14,16,19-20,22-23,25-26,28-29,31-32,63,67H,6-7,9,12,15,17-18,21,24,27,30,33-62H2,1-5H3/b10-8-,13-11-,16-14-,20-19-,23-22-,26-25-,29-28-,32-31-. The molecule has 0 aliphatic carbocycles. The van der Waals surface area contributed by atoms with Crippen molar-refractivity contribution in [1.29, 1.82) is 0 Å². The maximum atomic E-state index is 12.8. The van der Waals surface area contributed by atoms with Crippen molar-refractivity contribution in [3.63, 3.8) is 0 Å². The van der Waals surface area contributed by atoms with Crippen LogP contribution in [0.2, 0.25) is 0 Å². The fourth-order valence-electron chi connectivity index (χ4n) is 8.34. The lowest BCUT2D eigenvalue weighted by Crippen LogP contribution is -2.44. The zero-order chi connectivity index (χ0) is 55.5. The highest BCUT2D eigenvalue weighted by molar-refractivity contribution is 5.70. The number of ether oxygens (including phenoxy) is 4. The number of carbonyl (C=O) groups excluding carboxylic acids is 3. The normalized spacial score (nSPS) is 13.4. The molecule has 0 spiro atoms. The SMILES string of the molecule is CC/C=C\C/C=C\C/C=C\C/C=C\C/C=C\C/C=C\C/C=C\CCCCCCCCCCCCCCCCCCCCCC(=O)OC(COC(=O)CCCCCCC/C=C\CCC)COC(OCC[N+](C)(C)C)C(=O)[O-]. The fourth-order valence-corrected chi connectivity index (χ4v) is 8.34. The molecule has 0 N–H and O–H groups in total. The van der Waals surface area contributed by atoms with Crippen LogP contribution < -0.4 is 5.11 Å². The first-order valence-electron chi connectivity index (χ1n) is 30.9. The van der Waals surface area contributed by atoms with E-state index in [-0.39, 0.29) is 38.6 Å². The zero-order valence-corrected chi connectivity index (χ0v) is 49.6. The Kier molecular flexibility index (Phi) is 54.5. The van der Waals surface area contributed by atoms with E-state index in [1.165, 1.54) is 116 Å². The number of carboxylic acids is 1. The van der Waals surface area contributed by atoms with Gasteiger partial charge in [0.15, 0.2) is 12.4 Å². The van der Waals surface area contributed by atoms with Gasteiger partial charge < -0.3 is 33.3 Å². The highest BCUT2D eigenvalue weighted by atomic mass is 16.7. The number of hydrogen-bond acceptors (Lipinski definition) is 8. The Morgan fingerprint density at radius 3 is 1.13 bits per heavy atom. The summed E-state index contributed by atoms with van der Waals surface area (Å²) in [7, 11) is 5.91. The molecule has 0 saturated heterocycles. The minimum absolute atomic E-state index is 0.145. The molecule has 0 aromatic heterocycles. The van der Waals surface area contributed by atoms with Gasteiger partial charge in [-0.3, -0.25) is 9.59 Å². The zero-order valence-electron chi connectivity index (χ0n) is 49.6. The van der Waals surface area contributed by atoms with Gasteiger partial charge in [0.25, 0.3) is 0 Å². The first-order valence-corrected chi connectivity index (χ1v) is 30.9. The van der Waals surface area contributed by atoms with Gasteiger partial charge in [-0.1, -0.05) is 246 Å². The van der Waals surface area contributed by atoms with E-state index in [0.29, 0.717) is 17.4 Å². The molecular weight excluding hydrogens is 947 g/mol. The molecule has 436 valence electrons. The second-order valence-corrected chi connectivity index (χ2v) is 21.6. The molecule has 76 heavy (non-hydrogen) atoms. The van der Waals surface area contributed by atoms with Crippen molar-refractivity contribution < 1.29 is 42.9 Å². The highest BCUT2D eigenvalue weighted by Crippen LogP contribution is 2.16. The number of unbranched alkanes of at least 4 members (excludes halogenated alkanes) is 25. The lowest BCUT2D eigenvalue weighted by molar-refractivity contribution is -0.870. The Balaban J connectivity index is 3.94. The molecule has 9 nitrogen and oxygen atoms in total. The van der Waals surface area contributed by atoms with Crippen molar-refractivity contribution in [2.75, 3.05) is 47.5 Å². The predicted octanol–water partition coefficient (Wildman–Crippen LogP) is 17.2. The number of carboxylic acid groups (broad SMARTS) is 1. The largest absolute Gasteiger partial charge is 0.545 e. The second kappa shape index (κ2) is 57.4. The van der Waals surface area contributed by atoms with E-state index in [1.807, 2.05) is 21.1 Å². The third-order valence-corrected chi connectivity index (χ3v) is 13.0. The van der Waals surface area contributed by atoms with Crippen molar-refractivity contribution >= 4 is 17.9 Å². The van der Waals surface area contributed by atoms with Gasteiger partial charge in [0.2, 0.25) is 0 Å². The second-order valence-electron chi connectivity index (χ2n) is 21.6. The summed E-state index contributed by atoms with van der Waals surface area (Å²) in [4.78, 5) is 37.1. The Bertz CT molecular complexity index is 1570. The minimum atomic E-state index is -1.62. The summed E-state index contributed by atoms with van der Waals surface area (Å²) in [5, 5.41) is 11.7. The van der Waals surface area contributed by atoms with Crippen LogP contribution in [0, 0.1) is 0 Å². The van der Waals surface area contributed by atoms with Crippen LogP contribution in [-0.4, -0.2) is 82.3 Å². The predicted molar refractivity (Wildman–Crippen MR) is 320 cm³/mol. The van der Waals surface area contributed by atoms with E-state index >= 15 is 0 Å². The molecular formula is C67H115NO8. The molecule has 0 radical (unpaired) electrons. The smallest absolute Gasteiger partial charge is 0.306 e. The van der Waals surface area contributed by atoms with Crippen molar-refractivity contribution in [3.8, 4) is 0 Å². The molecule has 0 heterocycles. The van der Waals surface area contributed by atoms with Crippen LogP contribution in [0.4, 0.5) is 0 Å². The summed E-state index contributed by atoms with van der Waals surface area (Å²) in [6.45, 7) is 4.56. The molecule has 0 aromatic rings. The number of rotatable bonds is 56. The van der Waals surface area contributed by atoms with Gasteiger partial charge in [-0.05, 0) is 89.9 Å². The average Bonchev–Trinajstić information content (AvgIpc) is 3.39. The van der Waals surface area contributed by atoms with Gasteiger partial charge in [-0.2, -0.15) is 0 Å². The van der Waals surface area contributed by atoms with Crippen molar-refractivity contribution in [3.05, 3.63) is 97.2 Å². The monoisotopic (exact) mass is 1060 g/mol. The third kappa shape index (κ3) is 57.9. The number of aliphatic carboxylic acids is 1. The number of esters is 2. The molecule has 0 aliphatic heterocycles. The van der Waals surface area contributed by atoms with Gasteiger partial charge in [0.05, 0.1) is 40.3 Å². The summed E-state index contributed by atoms with van der Waals surface area (Å²) < 4.78 is 22.6. The van der Waals surface area contributed by atoms with Crippen molar-refractivity contribution in [2.24, 2.45) is 0 Å². The lowest BCUT2D eigenvalue weighted by Gasteiger charge is -2.26. The van der Waals surface area contributed by atoms with Gasteiger partial charge in [-0.25, -0.2) is 0 Å². The molecule has 0 saturated carbocycles. The fraction of sp³-hybridized carbons (Fsp3) is 0.716. The van der Waals surface area contributed by atoms with E-state index in [9.17, 15) is 19.5 Å². The molecule has 9 heteroatoms. The summed E-state index contributed by atoms with van der Waals surface area (Å²) >= 11 is 0. The topological polar surface area (TPSA) is 111 Å². The molecule has 2 atom stereocenters. The summed E-state index contributed by atoms with van der Waals surface area (Å²) in [5.74, 6) is -2.29. The van der Waals surface area contributed by atoms with Crippen LogP contribution in [-0.2, 0) is 33.3 Å². The van der Waals surface area contributed by atoms with Crippen LogP contribution in [0.5, 0.6) is 0 Å². The summed E-state index contributed by atoms with van der Waals surface area (Å²) in [6, 6.07) is 0. The van der Waals surface area contributed by atoms with Crippen LogP contribution in [0.25, 0.3) is 0 Å². The molecule has 0 bridgehead atoms. The maximum absolute atomic E-state index is 12.8. The summed E-state index contributed by atoms with van der Waals surface area (Å²) in [5.41, 5.74) is 0. The minimum Gasteiger partial charge on any atom is -0.545 e. The number of hydrogen-bond donors (Lipinski definition) is 0. The van der Waals surface area contributed by atoms with E-state index in [4.69, 9.17) is 18.9 Å².